The number of pyridine rings is 1. The van der Waals surface area contributed by atoms with Gasteiger partial charge in [0.25, 0.3) is 0 Å². The Morgan fingerprint density at radius 1 is 1.21 bits per heavy atom. The van der Waals surface area contributed by atoms with E-state index in [0.717, 1.165) is 5.56 Å². The molecule has 0 fully saturated rings. The van der Waals surface area contributed by atoms with Gasteiger partial charge in [-0.25, -0.2) is 4.98 Å². The minimum Gasteiger partial charge on any atom is -0.480 e. The van der Waals surface area contributed by atoms with Crippen LogP contribution in [-0.2, 0) is 6.42 Å². The molecule has 98 valence electrons. The molecular weight excluding hydrogens is 238 g/mol. The van der Waals surface area contributed by atoms with E-state index >= 15 is 0 Å². The number of carbonyl (C=O) groups is 1. The number of carbonyl (C=O) groups excluding carboxylic acids is 1. The Morgan fingerprint density at radius 3 is 2.53 bits per heavy atom. The molecule has 0 saturated heterocycles. The lowest BCUT2D eigenvalue weighted by atomic mass is 10.0. The summed E-state index contributed by atoms with van der Waals surface area (Å²) in [6.07, 6.45) is 1.98. The minimum atomic E-state index is 0.0231. The first-order chi connectivity index (χ1) is 9.10. The van der Waals surface area contributed by atoms with Crippen LogP contribution in [0.4, 0.5) is 0 Å². The van der Waals surface area contributed by atoms with Crippen LogP contribution in [0.3, 0.4) is 0 Å². The van der Waals surface area contributed by atoms with Crippen molar-refractivity contribution < 1.29 is 9.53 Å². The van der Waals surface area contributed by atoms with Crippen molar-refractivity contribution in [1.29, 1.82) is 0 Å². The lowest BCUT2D eigenvalue weighted by Crippen LogP contribution is -2.07. The van der Waals surface area contributed by atoms with E-state index in [1.807, 2.05) is 26.0 Å². The molecular formula is C16H17NO2. The summed E-state index contributed by atoms with van der Waals surface area (Å²) in [5.74, 6) is 0.409. The standard InChI is InChI=1S/C16H17NO2/c1-11-7-12(2)9-13(8-11)10-15(18)14-5-4-6-17-16(14)19-3/h4-9H,10H2,1-3H3. The lowest BCUT2D eigenvalue weighted by molar-refractivity contribution is 0.0989. The summed E-state index contributed by atoms with van der Waals surface area (Å²) >= 11 is 0. The molecule has 0 aliphatic carbocycles. The van der Waals surface area contributed by atoms with Gasteiger partial charge in [0.1, 0.15) is 0 Å². The summed E-state index contributed by atoms with van der Waals surface area (Å²) in [6, 6.07) is 9.66. The van der Waals surface area contributed by atoms with Gasteiger partial charge in [-0.15, -0.1) is 0 Å². The van der Waals surface area contributed by atoms with Gasteiger partial charge in [-0.3, -0.25) is 4.79 Å². The molecule has 0 radical (unpaired) electrons. The fourth-order valence-corrected chi connectivity index (χ4v) is 2.22. The Kier molecular flexibility index (Phi) is 3.95. The van der Waals surface area contributed by atoms with Gasteiger partial charge in [-0.05, 0) is 31.5 Å². The monoisotopic (exact) mass is 255 g/mol. The maximum absolute atomic E-state index is 12.3. The molecule has 3 heteroatoms. The number of rotatable bonds is 4. The first-order valence-electron chi connectivity index (χ1n) is 6.19. The maximum Gasteiger partial charge on any atom is 0.224 e. The summed E-state index contributed by atoms with van der Waals surface area (Å²) in [5.41, 5.74) is 3.89. The quantitative estimate of drug-likeness (QED) is 0.788. The lowest BCUT2D eigenvalue weighted by Gasteiger charge is -2.07. The SMILES string of the molecule is COc1ncccc1C(=O)Cc1cc(C)cc(C)c1. The number of hydrogen-bond donors (Lipinski definition) is 0. The van der Waals surface area contributed by atoms with E-state index in [0.29, 0.717) is 17.9 Å². The van der Waals surface area contributed by atoms with E-state index in [2.05, 4.69) is 11.1 Å². The molecule has 0 aliphatic rings. The number of aromatic nitrogens is 1. The fraction of sp³-hybridized carbons (Fsp3) is 0.250. The van der Waals surface area contributed by atoms with Crippen LogP contribution in [-0.4, -0.2) is 17.9 Å². The summed E-state index contributed by atoms with van der Waals surface area (Å²) in [7, 11) is 1.52. The molecule has 0 spiro atoms. The van der Waals surface area contributed by atoms with Crippen LogP contribution in [0.15, 0.2) is 36.5 Å². The molecule has 3 nitrogen and oxygen atoms in total. The van der Waals surface area contributed by atoms with Gasteiger partial charge in [0.15, 0.2) is 5.78 Å². The zero-order valence-electron chi connectivity index (χ0n) is 11.4. The molecule has 0 saturated carbocycles. The van der Waals surface area contributed by atoms with Crippen molar-refractivity contribution in [3.63, 3.8) is 0 Å². The predicted molar refractivity (Wildman–Crippen MR) is 74.7 cm³/mol. The Hall–Kier alpha value is -2.16. The van der Waals surface area contributed by atoms with Gasteiger partial charge in [-0.1, -0.05) is 29.3 Å². The summed E-state index contributed by atoms with van der Waals surface area (Å²) in [5, 5.41) is 0. The molecule has 0 aliphatic heterocycles. The largest absolute Gasteiger partial charge is 0.480 e. The normalized spacial score (nSPS) is 10.3. The van der Waals surface area contributed by atoms with Crippen molar-refractivity contribution in [3.8, 4) is 5.88 Å². The number of methoxy groups -OCH3 is 1. The molecule has 0 N–H and O–H groups in total. The van der Waals surface area contributed by atoms with E-state index < -0.39 is 0 Å². The van der Waals surface area contributed by atoms with Crippen LogP contribution in [0, 0.1) is 13.8 Å². The smallest absolute Gasteiger partial charge is 0.224 e. The molecule has 1 aromatic heterocycles. The maximum atomic E-state index is 12.3. The van der Waals surface area contributed by atoms with Gasteiger partial charge in [0.05, 0.1) is 12.7 Å². The summed E-state index contributed by atoms with van der Waals surface area (Å²) in [4.78, 5) is 16.3. The molecule has 19 heavy (non-hydrogen) atoms. The number of ether oxygens (including phenoxy) is 1. The van der Waals surface area contributed by atoms with Crippen molar-refractivity contribution >= 4 is 5.78 Å². The number of ketones is 1. The number of Topliss-reactive ketones (excluding diaryl/α,β-unsaturated/α-hetero) is 1. The Balaban J connectivity index is 2.25. The number of nitrogens with zero attached hydrogens (tertiary/aromatic N) is 1. The molecule has 0 bridgehead atoms. The Labute approximate surface area is 113 Å². The summed E-state index contributed by atoms with van der Waals surface area (Å²) in [6.45, 7) is 4.07. The second-order valence-corrected chi connectivity index (χ2v) is 4.66. The van der Waals surface area contributed by atoms with Gasteiger partial charge < -0.3 is 4.74 Å². The van der Waals surface area contributed by atoms with Crippen LogP contribution in [0.25, 0.3) is 0 Å². The molecule has 0 unspecified atom stereocenters. The third kappa shape index (κ3) is 3.19. The second kappa shape index (κ2) is 5.65. The fourth-order valence-electron chi connectivity index (χ4n) is 2.22. The molecule has 1 aromatic carbocycles. The van der Waals surface area contributed by atoms with Gasteiger partial charge in [0, 0.05) is 12.6 Å². The van der Waals surface area contributed by atoms with Crippen molar-refractivity contribution in [1.82, 2.24) is 4.98 Å². The van der Waals surface area contributed by atoms with Crippen LogP contribution in [0.1, 0.15) is 27.0 Å². The first-order valence-corrected chi connectivity index (χ1v) is 6.19. The van der Waals surface area contributed by atoms with Crippen molar-refractivity contribution in [3.05, 3.63) is 58.8 Å². The molecule has 0 atom stereocenters. The molecule has 2 rings (SSSR count). The van der Waals surface area contributed by atoms with Crippen LogP contribution in [0.5, 0.6) is 5.88 Å². The third-order valence-electron chi connectivity index (χ3n) is 2.91. The Bertz CT molecular complexity index is 585. The van der Waals surface area contributed by atoms with Crippen molar-refractivity contribution in [2.24, 2.45) is 0 Å². The van der Waals surface area contributed by atoms with Crippen LogP contribution >= 0.6 is 0 Å². The van der Waals surface area contributed by atoms with Crippen LogP contribution in [0.2, 0.25) is 0 Å². The van der Waals surface area contributed by atoms with Crippen molar-refractivity contribution in [2.45, 2.75) is 20.3 Å². The highest BCUT2D eigenvalue weighted by atomic mass is 16.5. The van der Waals surface area contributed by atoms with Crippen LogP contribution < -0.4 is 4.74 Å². The van der Waals surface area contributed by atoms with Gasteiger partial charge in [-0.2, -0.15) is 0 Å². The van der Waals surface area contributed by atoms with E-state index in [1.165, 1.54) is 18.2 Å². The first kappa shape index (κ1) is 13.3. The third-order valence-corrected chi connectivity index (χ3v) is 2.91. The molecule has 2 aromatic rings. The van der Waals surface area contributed by atoms with E-state index in [9.17, 15) is 4.79 Å². The van der Waals surface area contributed by atoms with Gasteiger partial charge in [0.2, 0.25) is 5.88 Å². The van der Waals surface area contributed by atoms with Gasteiger partial charge >= 0.3 is 0 Å². The zero-order valence-corrected chi connectivity index (χ0v) is 11.4. The Morgan fingerprint density at radius 2 is 1.89 bits per heavy atom. The highest BCUT2D eigenvalue weighted by molar-refractivity contribution is 5.99. The zero-order chi connectivity index (χ0) is 13.8. The number of hydrogen-bond acceptors (Lipinski definition) is 3. The minimum absolute atomic E-state index is 0.0231. The molecule has 0 amide bonds. The van der Waals surface area contributed by atoms with E-state index in [4.69, 9.17) is 4.74 Å². The van der Waals surface area contributed by atoms with E-state index in [1.54, 1.807) is 18.3 Å². The highest BCUT2D eigenvalue weighted by Crippen LogP contribution is 2.17. The number of benzene rings is 1. The molecule has 1 heterocycles. The number of aryl methyl sites for hydroxylation is 2. The summed E-state index contributed by atoms with van der Waals surface area (Å²) < 4.78 is 5.12. The highest BCUT2D eigenvalue weighted by Gasteiger charge is 2.13. The average molecular weight is 255 g/mol. The van der Waals surface area contributed by atoms with E-state index in [-0.39, 0.29) is 5.78 Å². The van der Waals surface area contributed by atoms with Crippen molar-refractivity contribution in [2.75, 3.05) is 7.11 Å². The average Bonchev–Trinajstić information content (AvgIpc) is 2.37. The topological polar surface area (TPSA) is 39.2 Å². The predicted octanol–water partition coefficient (Wildman–Crippen LogP) is 3.13. The second-order valence-electron chi connectivity index (χ2n) is 4.66.